The Labute approximate surface area is 67.6 Å². The number of rotatable bonds is 0. The van der Waals surface area contributed by atoms with Gasteiger partial charge in [-0.3, -0.25) is 0 Å². The highest BCUT2D eigenvalue weighted by Crippen LogP contribution is 2.43. The average Bonchev–Trinajstić information content (AvgIpc) is 1.86. The van der Waals surface area contributed by atoms with Crippen molar-refractivity contribution < 1.29 is 4.74 Å². The van der Waals surface area contributed by atoms with Crippen LogP contribution in [0.4, 0.5) is 0 Å². The molecule has 1 saturated heterocycles. The van der Waals surface area contributed by atoms with Crippen LogP contribution in [0.5, 0.6) is 0 Å². The monoisotopic (exact) mass is 158 g/mol. The fraction of sp³-hybridized carbons (Fsp3) is 1.00. The lowest BCUT2D eigenvalue weighted by molar-refractivity contribution is -0.130. The molecule has 0 radical (unpaired) electrons. The molecule has 0 bridgehead atoms. The lowest BCUT2D eigenvalue weighted by Crippen LogP contribution is -2.45. The Hall–Kier alpha value is 0.310. The van der Waals surface area contributed by atoms with Crippen LogP contribution in [0.1, 0.15) is 25.7 Å². The summed E-state index contributed by atoms with van der Waals surface area (Å²) in [6.45, 7) is 2.04. The van der Waals surface area contributed by atoms with E-state index < -0.39 is 0 Å². The van der Waals surface area contributed by atoms with Gasteiger partial charge in [0.2, 0.25) is 0 Å². The van der Waals surface area contributed by atoms with Gasteiger partial charge in [0.25, 0.3) is 0 Å². The van der Waals surface area contributed by atoms with Crippen molar-refractivity contribution in [1.82, 2.24) is 0 Å². The summed E-state index contributed by atoms with van der Waals surface area (Å²) in [5.74, 6) is 0. The molecule has 0 amide bonds. The van der Waals surface area contributed by atoms with Crippen LogP contribution in [0, 0.1) is 5.41 Å². The first kappa shape index (κ1) is 6.99. The molecule has 2 heteroatoms. The van der Waals surface area contributed by atoms with E-state index >= 15 is 0 Å². The molecule has 2 aliphatic rings. The summed E-state index contributed by atoms with van der Waals surface area (Å²) < 4.78 is 5.23. The Kier molecular flexibility index (Phi) is 1.69. The molecule has 1 aliphatic heterocycles. The quantitative estimate of drug-likeness (QED) is 0.530. The average molecular weight is 158 g/mol. The smallest absolute Gasteiger partial charge is 0.0544 e. The van der Waals surface area contributed by atoms with Gasteiger partial charge in [-0.15, -0.1) is 0 Å². The van der Waals surface area contributed by atoms with Crippen LogP contribution in [-0.4, -0.2) is 18.5 Å². The van der Waals surface area contributed by atoms with Gasteiger partial charge in [-0.05, 0) is 25.7 Å². The predicted molar refractivity (Wildman–Crippen MR) is 44.5 cm³/mol. The fourth-order valence-electron chi connectivity index (χ4n) is 1.89. The highest BCUT2D eigenvalue weighted by molar-refractivity contribution is 7.80. The second kappa shape index (κ2) is 2.42. The predicted octanol–water partition coefficient (Wildman–Crippen LogP) is 1.88. The molecule has 2 fully saturated rings. The maximum Gasteiger partial charge on any atom is 0.0544 e. The molecule has 10 heavy (non-hydrogen) atoms. The van der Waals surface area contributed by atoms with Gasteiger partial charge in [0, 0.05) is 10.7 Å². The summed E-state index contributed by atoms with van der Waals surface area (Å²) in [7, 11) is 0. The summed E-state index contributed by atoms with van der Waals surface area (Å²) >= 11 is 4.46. The van der Waals surface area contributed by atoms with Gasteiger partial charge in [0.15, 0.2) is 0 Å². The van der Waals surface area contributed by atoms with Crippen LogP contribution in [0.15, 0.2) is 0 Å². The van der Waals surface area contributed by atoms with Gasteiger partial charge in [-0.1, -0.05) is 0 Å². The van der Waals surface area contributed by atoms with Crippen molar-refractivity contribution in [2.45, 2.75) is 30.9 Å². The van der Waals surface area contributed by atoms with E-state index in [9.17, 15) is 0 Å². The van der Waals surface area contributed by atoms with Gasteiger partial charge in [0.1, 0.15) is 0 Å². The molecule has 1 saturated carbocycles. The molecule has 0 N–H and O–H groups in total. The third-order valence-electron chi connectivity index (χ3n) is 2.83. The van der Waals surface area contributed by atoms with E-state index in [0.717, 1.165) is 13.2 Å². The summed E-state index contributed by atoms with van der Waals surface area (Å²) in [6, 6.07) is 0. The molecule has 58 valence electrons. The van der Waals surface area contributed by atoms with Crippen molar-refractivity contribution in [3.8, 4) is 0 Å². The molecular weight excluding hydrogens is 144 g/mol. The van der Waals surface area contributed by atoms with Gasteiger partial charge in [-0.2, -0.15) is 12.6 Å². The molecular formula is C8H14OS. The van der Waals surface area contributed by atoms with Crippen molar-refractivity contribution in [1.29, 1.82) is 0 Å². The van der Waals surface area contributed by atoms with E-state index in [-0.39, 0.29) is 0 Å². The second-order valence-corrected chi connectivity index (χ2v) is 4.45. The summed E-state index contributed by atoms with van der Waals surface area (Å²) in [4.78, 5) is 0. The standard InChI is InChI=1S/C8H14OS/c10-7-1-3-8(4-2-7)5-9-6-8/h7,10H,1-6H2. The van der Waals surface area contributed by atoms with Crippen molar-refractivity contribution in [3.63, 3.8) is 0 Å². The number of ether oxygens (including phenoxy) is 1. The Morgan fingerprint density at radius 2 is 1.80 bits per heavy atom. The molecule has 0 aromatic heterocycles. The lowest BCUT2D eigenvalue weighted by atomic mass is 9.72. The number of hydrogen-bond donors (Lipinski definition) is 1. The summed E-state index contributed by atoms with van der Waals surface area (Å²) in [5.41, 5.74) is 0.610. The Bertz CT molecular complexity index is 121. The topological polar surface area (TPSA) is 9.23 Å². The van der Waals surface area contributed by atoms with Gasteiger partial charge < -0.3 is 4.74 Å². The first-order valence-electron chi connectivity index (χ1n) is 4.07. The third-order valence-corrected chi connectivity index (χ3v) is 3.35. The summed E-state index contributed by atoms with van der Waals surface area (Å²) in [5, 5.41) is 0.672. The van der Waals surface area contributed by atoms with E-state index in [2.05, 4.69) is 12.6 Å². The van der Waals surface area contributed by atoms with Crippen molar-refractivity contribution >= 4 is 12.6 Å². The zero-order valence-electron chi connectivity index (χ0n) is 6.18. The molecule has 1 heterocycles. The molecule has 2 rings (SSSR count). The van der Waals surface area contributed by atoms with Crippen molar-refractivity contribution in [2.24, 2.45) is 5.41 Å². The SMILES string of the molecule is SC1CCC2(CC1)COC2. The van der Waals surface area contributed by atoms with E-state index in [1.165, 1.54) is 25.7 Å². The molecule has 0 unspecified atom stereocenters. The first-order chi connectivity index (χ1) is 4.81. The van der Waals surface area contributed by atoms with Gasteiger partial charge in [0.05, 0.1) is 13.2 Å². The molecule has 1 aliphatic carbocycles. The Balaban J connectivity index is 1.90. The van der Waals surface area contributed by atoms with Crippen LogP contribution in [0.3, 0.4) is 0 Å². The van der Waals surface area contributed by atoms with Crippen LogP contribution in [0.25, 0.3) is 0 Å². The van der Waals surface area contributed by atoms with Crippen LogP contribution < -0.4 is 0 Å². The van der Waals surface area contributed by atoms with Crippen molar-refractivity contribution in [2.75, 3.05) is 13.2 Å². The zero-order valence-corrected chi connectivity index (χ0v) is 7.07. The minimum absolute atomic E-state index is 0.610. The molecule has 1 spiro atoms. The minimum atomic E-state index is 0.610. The highest BCUT2D eigenvalue weighted by Gasteiger charge is 2.40. The van der Waals surface area contributed by atoms with E-state index in [4.69, 9.17) is 4.74 Å². The molecule has 0 aromatic rings. The van der Waals surface area contributed by atoms with Gasteiger partial charge >= 0.3 is 0 Å². The fourth-order valence-corrected chi connectivity index (χ4v) is 2.15. The third kappa shape index (κ3) is 1.08. The van der Waals surface area contributed by atoms with Crippen LogP contribution in [-0.2, 0) is 4.74 Å². The Morgan fingerprint density at radius 3 is 2.20 bits per heavy atom. The second-order valence-electron chi connectivity index (χ2n) is 3.72. The van der Waals surface area contributed by atoms with E-state index in [1.54, 1.807) is 0 Å². The van der Waals surface area contributed by atoms with E-state index in [0.29, 0.717) is 10.7 Å². The van der Waals surface area contributed by atoms with Gasteiger partial charge in [-0.25, -0.2) is 0 Å². The molecule has 0 atom stereocenters. The molecule has 0 aromatic carbocycles. The van der Waals surface area contributed by atoms with Crippen molar-refractivity contribution in [3.05, 3.63) is 0 Å². The van der Waals surface area contributed by atoms with E-state index in [1.807, 2.05) is 0 Å². The Morgan fingerprint density at radius 1 is 1.20 bits per heavy atom. The highest BCUT2D eigenvalue weighted by atomic mass is 32.1. The van der Waals surface area contributed by atoms with Crippen LogP contribution in [0.2, 0.25) is 0 Å². The summed E-state index contributed by atoms with van der Waals surface area (Å²) in [6.07, 6.45) is 5.29. The minimum Gasteiger partial charge on any atom is -0.380 e. The lowest BCUT2D eigenvalue weighted by Gasteiger charge is -2.45. The maximum atomic E-state index is 5.23. The van der Waals surface area contributed by atoms with Crippen LogP contribution >= 0.6 is 12.6 Å². The maximum absolute atomic E-state index is 5.23. The number of thiol groups is 1. The zero-order chi connectivity index (χ0) is 7.03. The largest absolute Gasteiger partial charge is 0.380 e. The number of hydrogen-bond acceptors (Lipinski definition) is 2. The normalized spacial score (nSPS) is 32.1. The first-order valence-corrected chi connectivity index (χ1v) is 4.58. The molecule has 1 nitrogen and oxygen atoms in total.